The van der Waals surface area contributed by atoms with Crippen molar-refractivity contribution in [1.29, 1.82) is 0 Å². The normalized spacial score (nSPS) is 11.1. The van der Waals surface area contributed by atoms with Gasteiger partial charge in [0.25, 0.3) is 0 Å². The van der Waals surface area contributed by atoms with E-state index in [0.717, 1.165) is 23.3 Å². The summed E-state index contributed by atoms with van der Waals surface area (Å²) in [5, 5.41) is 0. The summed E-state index contributed by atoms with van der Waals surface area (Å²) in [6.45, 7) is 9.81. The Morgan fingerprint density at radius 2 is 1.78 bits per heavy atom. The second-order valence-electron chi connectivity index (χ2n) is 7.58. The lowest BCUT2D eigenvalue weighted by Crippen LogP contribution is -2.29. The van der Waals surface area contributed by atoms with Crippen LogP contribution in [0.3, 0.4) is 0 Å². The highest BCUT2D eigenvalue weighted by Gasteiger charge is 2.29. The highest BCUT2D eigenvalue weighted by atomic mass is 16.5. The van der Waals surface area contributed by atoms with E-state index in [1.165, 1.54) is 6.92 Å². The van der Waals surface area contributed by atoms with Crippen LogP contribution in [0.15, 0.2) is 42.5 Å². The van der Waals surface area contributed by atoms with Crippen molar-refractivity contribution in [2.75, 3.05) is 6.61 Å². The molecule has 0 unspecified atom stereocenters. The van der Waals surface area contributed by atoms with Gasteiger partial charge < -0.3 is 9.47 Å². The molecule has 0 N–H and O–H groups in total. The second-order valence-corrected chi connectivity index (χ2v) is 7.58. The van der Waals surface area contributed by atoms with Crippen molar-refractivity contribution in [3.05, 3.63) is 59.2 Å². The van der Waals surface area contributed by atoms with Crippen LogP contribution >= 0.6 is 0 Å². The first-order valence-corrected chi connectivity index (χ1v) is 9.22. The number of ketones is 1. The van der Waals surface area contributed by atoms with Gasteiger partial charge in [-0.25, -0.2) is 0 Å². The summed E-state index contributed by atoms with van der Waals surface area (Å²) in [4.78, 5) is 24.0. The molecule has 4 nitrogen and oxygen atoms in total. The SMILES string of the molecule is CC(=O)c1cccc(OC(=O)C(C)(C)CCCOc2cc(C)ccc2C)c1. The Balaban J connectivity index is 1.88. The van der Waals surface area contributed by atoms with E-state index in [9.17, 15) is 9.59 Å². The summed E-state index contributed by atoms with van der Waals surface area (Å²) < 4.78 is 11.4. The molecule has 0 aromatic heterocycles. The van der Waals surface area contributed by atoms with Gasteiger partial charge in [-0.15, -0.1) is 0 Å². The quantitative estimate of drug-likeness (QED) is 0.275. The lowest BCUT2D eigenvalue weighted by Gasteiger charge is -2.22. The van der Waals surface area contributed by atoms with Crippen LogP contribution in [0.4, 0.5) is 0 Å². The Hall–Kier alpha value is -2.62. The summed E-state index contributed by atoms with van der Waals surface area (Å²) >= 11 is 0. The molecule has 0 amide bonds. The van der Waals surface area contributed by atoms with Crippen molar-refractivity contribution in [3.63, 3.8) is 0 Å². The summed E-state index contributed by atoms with van der Waals surface area (Å²) in [5.41, 5.74) is 2.15. The molecule has 0 bridgehead atoms. The van der Waals surface area contributed by atoms with Crippen LogP contribution in [0.25, 0.3) is 0 Å². The molecule has 0 fully saturated rings. The molecule has 0 spiro atoms. The third-order valence-corrected chi connectivity index (χ3v) is 4.55. The molecule has 0 radical (unpaired) electrons. The fraction of sp³-hybridized carbons (Fsp3) is 0.391. The van der Waals surface area contributed by atoms with E-state index in [4.69, 9.17) is 9.47 Å². The number of rotatable bonds is 8. The Morgan fingerprint density at radius 1 is 1.04 bits per heavy atom. The molecule has 0 aliphatic carbocycles. The van der Waals surface area contributed by atoms with Gasteiger partial charge in [0.05, 0.1) is 12.0 Å². The van der Waals surface area contributed by atoms with Crippen LogP contribution in [0.1, 0.15) is 55.1 Å². The van der Waals surface area contributed by atoms with Gasteiger partial charge in [-0.2, -0.15) is 0 Å². The number of hydrogen-bond acceptors (Lipinski definition) is 4. The molecule has 0 saturated heterocycles. The molecule has 2 aromatic rings. The monoisotopic (exact) mass is 368 g/mol. The molecular weight excluding hydrogens is 340 g/mol. The zero-order chi connectivity index (χ0) is 20.0. The smallest absolute Gasteiger partial charge is 0.316 e. The Labute approximate surface area is 161 Å². The predicted octanol–water partition coefficient (Wildman–Crippen LogP) is 5.30. The van der Waals surface area contributed by atoms with E-state index >= 15 is 0 Å². The van der Waals surface area contributed by atoms with Gasteiger partial charge >= 0.3 is 5.97 Å². The second kappa shape index (κ2) is 8.85. The topological polar surface area (TPSA) is 52.6 Å². The summed E-state index contributed by atoms with van der Waals surface area (Å²) in [6.07, 6.45) is 1.38. The Morgan fingerprint density at radius 3 is 2.48 bits per heavy atom. The first kappa shape index (κ1) is 20.7. The van der Waals surface area contributed by atoms with Gasteiger partial charge in [0.2, 0.25) is 0 Å². The highest BCUT2D eigenvalue weighted by molar-refractivity contribution is 5.94. The summed E-state index contributed by atoms with van der Waals surface area (Å²) in [5.74, 6) is 0.912. The largest absolute Gasteiger partial charge is 0.493 e. The third kappa shape index (κ3) is 5.95. The van der Waals surface area contributed by atoms with Gasteiger partial charge in [0, 0.05) is 5.56 Å². The molecule has 4 heteroatoms. The van der Waals surface area contributed by atoms with Crippen molar-refractivity contribution < 1.29 is 19.1 Å². The van der Waals surface area contributed by atoms with E-state index in [2.05, 4.69) is 6.07 Å². The van der Waals surface area contributed by atoms with Crippen LogP contribution < -0.4 is 9.47 Å². The predicted molar refractivity (Wildman–Crippen MR) is 107 cm³/mol. The molecule has 27 heavy (non-hydrogen) atoms. The van der Waals surface area contributed by atoms with E-state index in [1.54, 1.807) is 24.3 Å². The van der Waals surface area contributed by atoms with Crippen LogP contribution in [0.5, 0.6) is 11.5 Å². The third-order valence-electron chi connectivity index (χ3n) is 4.55. The maximum absolute atomic E-state index is 12.5. The first-order valence-electron chi connectivity index (χ1n) is 9.22. The van der Waals surface area contributed by atoms with E-state index in [1.807, 2.05) is 39.8 Å². The maximum Gasteiger partial charge on any atom is 0.316 e. The van der Waals surface area contributed by atoms with Crippen LogP contribution in [0, 0.1) is 19.3 Å². The average molecular weight is 368 g/mol. The number of carbonyl (C=O) groups is 2. The van der Waals surface area contributed by atoms with Gasteiger partial charge in [-0.1, -0.05) is 24.3 Å². The lowest BCUT2D eigenvalue weighted by molar-refractivity contribution is -0.144. The highest BCUT2D eigenvalue weighted by Crippen LogP contribution is 2.27. The molecule has 2 aromatic carbocycles. The average Bonchev–Trinajstić information content (AvgIpc) is 2.61. The molecular formula is C23H28O4. The molecule has 0 saturated carbocycles. The fourth-order valence-electron chi connectivity index (χ4n) is 2.68. The van der Waals surface area contributed by atoms with Crippen molar-refractivity contribution in [3.8, 4) is 11.5 Å². The lowest BCUT2D eigenvalue weighted by atomic mass is 9.88. The Kier molecular flexibility index (Phi) is 6.78. The van der Waals surface area contributed by atoms with E-state index in [0.29, 0.717) is 24.3 Å². The minimum absolute atomic E-state index is 0.0595. The number of hydrogen-bond donors (Lipinski definition) is 0. The Bertz CT molecular complexity index is 821. The number of Topliss-reactive ketones (excluding diaryl/α,β-unsaturated/α-hetero) is 1. The fourth-order valence-corrected chi connectivity index (χ4v) is 2.68. The van der Waals surface area contributed by atoms with Crippen molar-refractivity contribution in [2.24, 2.45) is 5.41 Å². The zero-order valence-electron chi connectivity index (χ0n) is 16.8. The minimum atomic E-state index is -0.642. The van der Waals surface area contributed by atoms with Gasteiger partial charge in [0.1, 0.15) is 11.5 Å². The minimum Gasteiger partial charge on any atom is -0.493 e. The maximum atomic E-state index is 12.5. The van der Waals surface area contributed by atoms with Gasteiger partial charge in [0.15, 0.2) is 5.78 Å². The standard InChI is InChI=1S/C23H28O4/c1-16-10-11-17(2)21(14-16)26-13-7-12-23(4,5)22(25)27-20-9-6-8-19(15-20)18(3)24/h6,8-11,14-15H,7,12-13H2,1-5H3. The van der Waals surface area contributed by atoms with Crippen molar-refractivity contribution >= 4 is 11.8 Å². The summed E-state index contributed by atoms with van der Waals surface area (Å²) in [6, 6.07) is 12.8. The molecule has 144 valence electrons. The molecule has 0 heterocycles. The van der Waals surface area contributed by atoms with E-state index in [-0.39, 0.29) is 11.8 Å². The molecule has 0 aliphatic rings. The van der Waals surface area contributed by atoms with Crippen LogP contribution in [0.2, 0.25) is 0 Å². The number of aryl methyl sites for hydroxylation is 2. The van der Waals surface area contributed by atoms with Crippen LogP contribution in [-0.4, -0.2) is 18.4 Å². The summed E-state index contributed by atoms with van der Waals surface area (Å²) in [7, 11) is 0. The number of esters is 1. The van der Waals surface area contributed by atoms with Gasteiger partial charge in [-0.05, 0) is 76.8 Å². The van der Waals surface area contributed by atoms with Gasteiger partial charge in [-0.3, -0.25) is 9.59 Å². The van der Waals surface area contributed by atoms with Crippen molar-refractivity contribution in [1.82, 2.24) is 0 Å². The number of ether oxygens (including phenoxy) is 2. The van der Waals surface area contributed by atoms with Crippen LogP contribution in [-0.2, 0) is 4.79 Å². The zero-order valence-corrected chi connectivity index (χ0v) is 16.8. The molecule has 0 aliphatic heterocycles. The number of benzene rings is 2. The first-order chi connectivity index (χ1) is 12.7. The molecule has 0 atom stereocenters. The number of carbonyl (C=O) groups excluding carboxylic acids is 2. The van der Waals surface area contributed by atoms with E-state index < -0.39 is 5.41 Å². The molecule has 2 rings (SSSR count). The van der Waals surface area contributed by atoms with Crippen molar-refractivity contribution in [2.45, 2.75) is 47.5 Å².